The lowest BCUT2D eigenvalue weighted by molar-refractivity contribution is 0.0963. The average Bonchev–Trinajstić information content (AvgIpc) is 2.67. The van der Waals surface area contributed by atoms with Crippen molar-refractivity contribution in [1.29, 1.82) is 0 Å². The van der Waals surface area contributed by atoms with Crippen LogP contribution in [0.5, 0.6) is 0 Å². The molecule has 2 aromatic rings. The molecule has 0 aliphatic rings. The number of rotatable bonds is 6. The fraction of sp³-hybridized carbons (Fsp3) is 0.316. The first-order valence-corrected chi connectivity index (χ1v) is 8.24. The van der Waals surface area contributed by atoms with Gasteiger partial charge < -0.3 is 15.5 Å². The van der Waals surface area contributed by atoms with E-state index in [4.69, 9.17) is 0 Å². The Morgan fingerprint density at radius 2 is 1.92 bits per heavy atom. The highest BCUT2D eigenvalue weighted by Crippen LogP contribution is 2.17. The highest BCUT2D eigenvalue weighted by molar-refractivity contribution is 5.94. The van der Waals surface area contributed by atoms with Gasteiger partial charge in [0, 0.05) is 38.6 Å². The molecule has 1 heterocycles. The number of benzene rings is 1. The van der Waals surface area contributed by atoms with Gasteiger partial charge in [0.25, 0.3) is 5.91 Å². The molecule has 0 spiro atoms. The van der Waals surface area contributed by atoms with Gasteiger partial charge in [-0.2, -0.15) is 0 Å². The average molecular weight is 340 g/mol. The third-order valence-electron chi connectivity index (χ3n) is 4.20. The van der Waals surface area contributed by atoms with E-state index in [1.165, 1.54) is 0 Å². The highest BCUT2D eigenvalue weighted by atomic mass is 16.2. The van der Waals surface area contributed by atoms with Crippen molar-refractivity contribution in [2.45, 2.75) is 19.4 Å². The van der Waals surface area contributed by atoms with Gasteiger partial charge in [-0.3, -0.25) is 9.78 Å². The molecule has 0 radical (unpaired) electrons. The first kappa shape index (κ1) is 18.4. The second kappa shape index (κ2) is 8.82. The third kappa shape index (κ3) is 5.04. The van der Waals surface area contributed by atoms with Crippen LogP contribution in [0.4, 0.5) is 4.79 Å². The van der Waals surface area contributed by atoms with Crippen molar-refractivity contribution in [3.8, 4) is 0 Å². The molecule has 1 aromatic carbocycles. The summed E-state index contributed by atoms with van der Waals surface area (Å²) >= 11 is 0. The van der Waals surface area contributed by atoms with Crippen molar-refractivity contribution in [3.05, 3.63) is 65.5 Å². The van der Waals surface area contributed by atoms with Gasteiger partial charge >= 0.3 is 6.03 Å². The molecular weight excluding hydrogens is 316 g/mol. The van der Waals surface area contributed by atoms with Crippen LogP contribution in [0.1, 0.15) is 34.5 Å². The van der Waals surface area contributed by atoms with Crippen LogP contribution in [0.15, 0.2) is 48.8 Å². The van der Waals surface area contributed by atoms with Gasteiger partial charge in [-0.25, -0.2) is 4.79 Å². The Morgan fingerprint density at radius 1 is 1.20 bits per heavy atom. The van der Waals surface area contributed by atoms with E-state index in [-0.39, 0.29) is 18.0 Å². The first-order valence-electron chi connectivity index (χ1n) is 8.24. The number of aromatic nitrogens is 1. The molecule has 0 aliphatic carbocycles. The number of hydrogen-bond donors (Lipinski definition) is 2. The molecule has 0 bridgehead atoms. The molecular formula is C19H24N4O2. The van der Waals surface area contributed by atoms with Crippen LogP contribution < -0.4 is 10.6 Å². The Labute approximate surface area is 148 Å². The Morgan fingerprint density at radius 3 is 2.60 bits per heavy atom. The number of nitrogens with one attached hydrogen (secondary N) is 2. The normalized spacial score (nSPS) is 11.5. The molecule has 0 aliphatic heterocycles. The number of carbonyl (C=O) groups excluding carboxylic acids is 2. The molecule has 0 unspecified atom stereocenters. The van der Waals surface area contributed by atoms with Crippen molar-refractivity contribution < 1.29 is 9.59 Å². The molecule has 6 nitrogen and oxygen atoms in total. The minimum atomic E-state index is -0.133. The SMILES string of the molecule is CNC(=O)c1cccc(CCNC(=O)N(C)[C@@H](C)c2ccncc2)c1. The summed E-state index contributed by atoms with van der Waals surface area (Å²) in [5.74, 6) is -0.114. The number of urea groups is 1. The van der Waals surface area contributed by atoms with Crippen molar-refractivity contribution in [3.63, 3.8) is 0 Å². The fourth-order valence-corrected chi connectivity index (χ4v) is 2.49. The summed E-state index contributed by atoms with van der Waals surface area (Å²) < 4.78 is 0. The largest absolute Gasteiger partial charge is 0.355 e. The zero-order valence-corrected chi connectivity index (χ0v) is 14.8. The zero-order chi connectivity index (χ0) is 18.2. The van der Waals surface area contributed by atoms with E-state index < -0.39 is 0 Å². The second-order valence-electron chi connectivity index (χ2n) is 5.83. The predicted molar refractivity (Wildman–Crippen MR) is 97.3 cm³/mol. The van der Waals surface area contributed by atoms with Gasteiger partial charge in [0.1, 0.15) is 0 Å². The molecule has 0 fully saturated rings. The topological polar surface area (TPSA) is 74.3 Å². The van der Waals surface area contributed by atoms with Gasteiger partial charge in [0.05, 0.1) is 6.04 Å². The van der Waals surface area contributed by atoms with Crippen molar-refractivity contribution in [1.82, 2.24) is 20.5 Å². The summed E-state index contributed by atoms with van der Waals surface area (Å²) in [4.78, 5) is 29.6. The molecule has 1 atom stereocenters. The molecule has 3 amide bonds. The van der Waals surface area contributed by atoms with Gasteiger partial charge in [-0.05, 0) is 48.7 Å². The number of pyridine rings is 1. The Kier molecular flexibility index (Phi) is 6.51. The lowest BCUT2D eigenvalue weighted by Crippen LogP contribution is -2.39. The fourth-order valence-electron chi connectivity index (χ4n) is 2.49. The minimum absolute atomic E-state index is 0.0421. The molecule has 2 N–H and O–H groups in total. The summed E-state index contributed by atoms with van der Waals surface area (Å²) in [5.41, 5.74) is 2.66. The standard InChI is InChI=1S/C19H24N4O2/c1-14(16-8-10-21-11-9-16)23(3)19(25)22-12-7-15-5-4-6-17(13-15)18(24)20-2/h4-6,8-11,13-14H,7,12H2,1-3H3,(H,20,24)(H,22,25)/t14-/m0/s1. The third-order valence-corrected chi connectivity index (χ3v) is 4.20. The van der Waals surface area contributed by atoms with E-state index in [1.807, 2.05) is 37.3 Å². The van der Waals surface area contributed by atoms with Gasteiger partial charge in [0.15, 0.2) is 0 Å². The van der Waals surface area contributed by atoms with E-state index in [0.29, 0.717) is 18.5 Å². The lowest BCUT2D eigenvalue weighted by Gasteiger charge is -2.25. The summed E-state index contributed by atoms with van der Waals surface area (Å²) in [6, 6.07) is 11.0. The van der Waals surface area contributed by atoms with E-state index in [9.17, 15) is 9.59 Å². The van der Waals surface area contributed by atoms with E-state index in [0.717, 1.165) is 11.1 Å². The monoisotopic (exact) mass is 340 g/mol. The van der Waals surface area contributed by atoms with Gasteiger partial charge in [-0.15, -0.1) is 0 Å². The van der Waals surface area contributed by atoms with Gasteiger partial charge in [0.2, 0.25) is 0 Å². The Hall–Kier alpha value is -2.89. The summed E-state index contributed by atoms with van der Waals surface area (Å²) in [6.07, 6.45) is 4.10. The maximum absolute atomic E-state index is 12.3. The molecule has 1 aromatic heterocycles. The van der Waals surface area contributed by atoms with Crippen LogP contribution in [-0.4, -0.2) is 42.5 Å². The highest BCUT2D eigenvalue weighted by Gasteiger charge is 2.16. The molecule has 0 saturated heterocycles. The predicted octanol–water partition coefficient (Wildman–Crippen LogP) is 2.39. The second-order valence-corrected chi connectivity index (χ2v) is 5.83. The van der Waals surface area contributed by atoms with Crippen LogP contribution in [0.3, 0.4) is 0 Å². The Balaban J connectivity index is 1.87. The summed E-state index contributed by atoms with van der Waals surface area (Å²) in [6.45, 7) is 2.48. The van der Waals surface area contributed by atoms with Crippen molar-refractivity contribution in [2.75, 3.05) is 20.6 Å². The molecule has 25 heavy (non-hydrogen) atoms. The first-order chi connectivity index (χ1) is 12.0. The van der Waals surface area contributed by atoms with Crippen LogP contribution in [-0.2, 0) is 6.42 Å². The van der Waals surface area contributed by atoms with Crippen LogP contribution in [0, 0.1) is 0 Å². The Bertz CT molecular complexity index is 718. The van der Waals surface area contributed by atoms with E-state index >= 15 is 0 Å². The maximum Gasteiger partial charge on any atom is 0.317 e. The molecule has 6 heteroatoms. The number of nitrogens with zero attached hydrogens (tertiary/aromatic N) is 2. The number of hydrogen-bond acceptors (Lipinski definition) is 3. The zero-order valence-electron chi connectivity index (χ0n) is 14.8. The van der Waals surface area contributed by atoms with Crippen LogP contribution in [0.2, 0.25) is 0 Å². The molecule has 2 rings (SSSR count). The van der Waals surface area contributed by atoms with Crippen molar-refractivity contribution >= 4 is 11.9 Å². The summed E-state index contributed by atoms with van der Waals surface area (Å²) in [7, 11) is 3.38. The molecule has 0 saturated carbocycles. The lowest BCUT2D eigenvalue weighted by atomic mass is 10.1. The molecule has 132 valence electrons. The van der Waals surface area contributed by atoms with E-state index in [2.05, 4.69) is 15.6 Å². The quantitative estimate of drug-likeness (QED) is 0.848. The summed E-state index contributed by atoms with van der Waals surface area (Å²) in [5, 5.41) is 5.52. The minimum Gasteiger partial charge on any atom is -0.355 e. The van der Waals surface area contributed by atoms with Crippen LogP contribution >= 0.6 is 0 Å². The van der Waals surface area contributed by atoms with Gasteiger partial charge in [-0.1, -0.05) is 12.1 Å². The number of carbonyl (C=O) groups is 2. The smallest absolute Gasteiger partial charge is 0.317 e. The van der Waals surface area contributed by atoms with E-state index in [1.54, 1.807) is 37.5 Å². The number of amides is 3. The van der Waals surface area contributed by atoms with Crippen molar-refractivity contribution in [2.24, 2.45) is 0 Å². The van der Waals surface area contributed by atoms with Crippen LogP contribution in [0.25, 0.3) is 0 Å². The maximum atomic E-state index is 12.3.